The van der Waals surface area contributed by atoms with Crippen molar-refractivity contribution < 1.29 is 4.79 Å². The molecule has 1 saturated heterocycles. The molecule has 16 heavy (non-hydrogen) atoms. The summed E-state index contributed by atoms with van der Waals surface area (Å²) in [7, 11) is 0. The molecule has 0 saturated carbocycles. The number of carbonyl (C=O) groups is 1. The lowest BCUT2D eigenvalue weighted by atomic mass is 9.99. The second-order valence-electron chi connectivity index (χ2n) is 4.29. The van der Waals surface area contributed by atoms with Gasteiger partial charge in [-0.1, -0.05) is 24.6 Å². The largest absolute Gasteiger partial charge is 0.338 e. The van der Waals surface area contributed by atoms with Crippen LogP contribution >= 0.6 is 11.6 Å². The topological polar surface area (TPSA) is 33.2 Å². The van der Waals surface area contributed by atoms with Gasteiger partial charge in [-0.15, -0.1) is 0 Å². The van der Waals surface area contributed by atoms with Crippen LogP contribution in [-0.2, 0) is 11.3 Å². The Labute approximate surface area is 100 Å². The Morgan fingerprint density at radius 3 is 3.06 bits per heavy atom. The number of aromatic nitrogens is 1. The van der Waals surface area contributed by atoms with Crippen LogP contribution < -0.4 is 0 Å². The van der Waals surface area contributed by atoms with Gasteiger partial charge in [-0.3, -0.25) is 4.79 Å². The molecule has 1 atom stereocenters. The number of pyridine rings is 1. The Hall–Kier alpha value is -1.09. The molecule has 1 aromatic rings. The van der Waals surface area contributed by atoms with Crippen molar-refractivity contribution in [3.05, 3.63) is 29.0 Å². The zero-order chi connectivity index (χ0) is 11.5. The lowest BCUT2D eigenvalue weighted by Crippen LogP contribution is -2.39. The van der Waals surface area contributed by atoms with Crippen LogP contribution in [0.4, 0.5) is 0 Å². The summed E-state index contributed by atoms with van der Waals surface area (Å²) in [6.07, 6.45) is 3.83. The van der Waals surface area contributed by atoms with Crippen molar-refractivity contribution in [2.45, 2.75) is 26.3 Å². The maximum Gasteiger partial charge on any atom is 0.225 e. The molecule has 2 heterocycles. The lowest BCUT2D eigenvalue weighted by Gasteiger charge is -2.30. The minimum Gasteiger partial charge on any atom is -0.338 e. The van der Waals surface area contributed by atoms with Gasteiger partial charge in [0.25, 0.3) is 0 Å². The fourth-order valence-corrected chi connectivity index (χ4v) is 2.12. The molecule has 1 aromatic heterocycles. The molecule has 3 nitrogen and oxygen atoms in total. The molecular weight excluding hydrogens is 224 g/mol. The summed E-state index contributed by atoms with van der Waals surface area (Å²) in [5.41, 5.74) is 1.03. The Morgan fingerprint density at radius 2 is 2.38 bits per heavy atom. The Kier molecular flexibility index (Phi) is 3.44. The molecule has 0 spiro atoms. The van der Waals surface area contributed by atoms with Gasteiger partial charge < -0.3 is 4.90 Å². The molecule has 4 heteroatoms. The van der Waals surface area contributed by atoms with Crippen LogP contribution in [-0.4, -0.2) is 22.3 Å². The molecule has 1 aliphatic rings. The lowest BCUT2D eigenvalue weighted by molar-refractivity contribution is -0.138. The van der Waals surface area contributed by atoms with Gasteiger partial charge in [-0.05, 0) is 24.5 Å². The highest BCUT2D eigenvalue weighted by Crippen LogP contribution is 2.19. The van der Waals surface area contributed by atoms with Crippen molar-refractivity contribution >= 4 is 17.5 Å². The minimum absolute atomic E-state index is 0.161. The fraction of sp³-hybridized carbons (Fsp3) is 0.500. The van der Waals surface area contributed by atoms with E-state index in [2.05, 4.69) is 4.98 Å². The number of carbonyl (C=O) groups excluding carboxylic acids is 1. The highest BCUT2D eigenvalue weighted by Gasteiger charge is 2.24. The maximum atomic E-state index is 11.9. The van der Waals surface area contributed by atoms with E-state index in [1.54, 1.807) is 12.3 Å². The van der Waals surface area contributed by atoms with Crippen LogP contribution in [0.15, 0.2) is 18.3 Å². The van der Waals surface area contributed by atoms with E-state index in [4.69, 9.17) is 11.6 Å². The highest BCUT2D eigenvalue weighted by atomic mass is 35.5. The van der Waals surface area contributed by atoms with E-state index < -0.39 is 0 Å². The van der Waals surface area contributed by atoms with Gasteiger partial charge in [-0.2, -0.15) is 0 Å². The predicted octanol–water partition coefficient (Wildman–Crippen LogP) is 2.49. The molecular formula is C12H15ClN2O. The van der Waals surface area contributed by atoms with E-state index in [1.807, 2.05) is 17.9 Å². The smallest absolute Gasteiger partial charge is 0.225 e. The van der Waals surface area contributed by atoms with E-state index in [0.29, 0.717) is 11.7 Å². The van der Waals surface area contributed by atoms with Crippen molar-refractivity contribution in [2.24, 2.45) is 5.92 Å². The van der Waals surface area contributed by atoms with E-state index in [9.17, 15) is 4.79 Å². The van der Waals surface area contributed by atoms with Crippen molar-refractivity contribution in [1.29, 1.82) is 0 Å². The summed E-state index contributed by atoms with van der Waals surface area (Å²) >= 11 is 5.71. The number of nitrogens with zero attached hydrogens (tertiary/aromatic N) is 2. The number of piperidine rings is 1. The van der Waals surface area contributed by atoms with Crippen molar-refractivity contribution in [2.75, 3.05) is 6.54 Å². The fourth-order valence-electron chi connectivity index (χ4n) is 2.01. The Morgan fingerprint density at radius 1 is 1.56 bits per heavy atom. The first-order valence-electron chi connectivity index (χ1n) is 5.56. The molecule has 1 fully saturated rings. The number of hydrogen-bond donors (Lipinski definition) is 0. The maximum absolute atomic E-state index is 11.9. The Bertz CT molecular complexity index is 377. The second-order valence-corrected chi connectivity index (χ2v) is 4.68. The summed E-state index contributed by atoms with van der Waals surface area (Å²) in [5.74, 6) is 0.412. The summed E-state index contributed by atoms with van der Waals surface area (Å²) in [6, 6.07) is 3.68. The van der Waals surface area contributed by atoms with Gasteiger partial charge in [0, 0.05) is 25.2 Å². The number of halogens is 1. The summed E-state index contributed by atoms with van der Waals surface area (Å²) < 4.78 is 0. The van der Waals surface area contributed by atoms with Gasteiger partial charge >= 0.3 is 0 Å². The third-order valence-electron chi connectivity index (χ3n) is 2.96. The molecule has 1 aliphatic heterocycles. The summed E-state index contributed by atoms with van der Waals surface area (Å²) in [4.78, 5) is 17.8. The first-order chi connectivity index (χ1) is 7.66. The molecule has 0 bridgehead atoms. The van der Waals surface area contributed by atoms with Crippen LogP contribution in [0.25, 0.3) is 0 Å². The molecule has 2 rings (SSSR count). The quantitative estimate of drug-likeness (QED) is 0.742. The SMILES string of the molecule is CC1CCCN(Cc2ccc(Cl)nc2)C1=O. The predicted molar refractivity (Wildman–Crippen MR) is 63.1 cm³/mol. The first kappa shape index (κ1) is 11.4. The average Bonchev–Trinajstić information content (AvgIpc) is 2.28. The molecule has 0 N–H and O–H groups in total. The van der Waals surface area contributed by atoms with Gasteiger partial charge in [0.05, 0.1) is 0 Å². The zero-order valence-corrected chi connectivity index (χ0v) is 10.1. The number of hydrogen-bond acceptors (Lipinski definition) is 2. The molecule has 1 unspecified atom stereocenters. The Balaban J connectivity index is 2.03. The van der Waals surface area contributed by atoms with Crippen LogP contribution in [0, 0.1) is 5.92 Å². The van der Waals surface area contributed by atoms with Crippen LogP contribution in [0.5, 0.6) is 0 Å². The molecule has 1 amide bonds. The molecule has 0 aliphatic carbocycles. The zero-order valence-electron chi connectivity index (χ0n) is 9.32. The first-order valence-corrected chi connectivity index (χ1v) is 5.94. The molecule has 86 valence electrons. The van der Waals surface area contributed by atoms with Gasteiger partial charge in [0.2, 0.25) is 5.91 Å². The van der Waals surface area contributed by atoms with Crippen molar-refractivity contribution in [1.82, 2.24) is 9.88 Å². The number of rotatable bonds is 2. The van der Waals surface area contributed by atoms with E-state index >= 15 is 0 Å². The van der Waals surface area contributed by atoms with Crippen molar-refractivity contribution in [3.63, 3.8) is 0 Å². The van der Waals surface area contributed by atoms with E-state index in [0.717, 1.165) is 24.9 Å². The second kappa shape index (κ2) is 4.83. The summed E-state index contributed by atoms with van der Waals surface area (Å²) in [6.45, 7) is 3.49. The van der Waals surface area contributed by atoms with Gasteiger partial charge in [-0.25, -0.2) is 4.98 Å². The van der Waals surface area contributed by atoms with Crippen LogP contribution in [0.2, 0.25) is 5.15 Å². The monoisotopic (exact) mass is 238 g/mol. The number of amides is 1. The van der Waals surface area contributed by atoms with Gasteiger partial charge in [0.15, 0.2) is 0 Å². The average molecular weight is 239 g/mol. The van der Waals surface area contributed by atoms with E-state index in [1.165, 1.54) is 0 Å². The highest BCUT2D eigenvalue weighted by molar-refractivity contribution is 6.29. The number of likely N-dealkylation sites (tertiary alicyclic amines) is 1. The van der Waals surface area contributed by atoms with Crippen LogP contribution in [0.1, 0.15) is 25.3 Å². The van der Waals surface area contributed by atoms with Crippen LogP contribution in [0.3, 0.4) is 0 Å². The molecule has 0 radical (unpaired) electrons. The van der Waals surface area contributed by atoms with E-state index in [-0.39, 0.29) is 11.8 Å². The summed E-state index contributed by atoms with van der Waals surface area (Å²) in [5, 5.41) is 0.488. The minimum atomic E-state index is 0.161. The standard InChI is InChI=1S/C12H15ClN2O/c1-9-3-2-6-15(12(9)16)8-10-4-5-11(13)14-7-10/h4-5,7,9H,2-3,6,8H2,1H3. The normalized spacial score (nSPS) is 21.2. The molecule has 0 aromatic carbocycles. The third kappa shape index (κ3) is 2.53. The third-order valence-corrected chi connectivity index (χ3v) is 3.18. The van der Waals surface area contributed by atoms with Crippen molar-refractivity contribution in [3.8, 4) is 0 Å². The van der Waals surface area contributed by atoms with Gasteiger partial charge in [0.1, 0.15) is 5.15 Å².